The molecule has 1 heterocycles. The summed E-state index contributed by atoms with van der Waals surface area (Å²) < 4.78 is 0. The van der Waals surface area contributed by atoms with Crippen molar-refractivity contribution in [2.75, 3.05) is 6.54 Å². The molecule has 0 radical (unpaired) electrons. The van der Waals surface area contributed by atoms with Gasteiger partial charge in [-0.25, -0.2) is 0 Å². The Morgan fingerprint density at radius 2 is 2.40 bits per heavy atom. The van der Waals surface area contributed by atoms with Gasteiger partial charge in [0.15, 0.2) is 0 Å². The zero-order chi connectivity index (χ0) is 10.9. The van der Waals surface area contributed by atoms with Crippen molar-refractivity contribution in [2.45, 2.75) is 39.2 Å². The van der Waals surface area contributed by atoms with E-state index in [1.807, 2.05) is 18.3 Å². The maximum Gasteiger partial charge on any atom is 0.0246 e. The van der Waals surface area contributed by atoms with Crippen molar-refractivity contribution in [3.8, 4) is 11.8 Å². The van der Waals surface area contributed by atoms with Crippen molar-refractivity contribution < 1.29 is 0 Å². The molecule has 0 amide bonds. The Bertz CT molecular complexity index is 305. The van der Waals surface area contributed by atoms with Gasteiger partial charge in [0.05, 0.1) is 0 Å². The quantitative estimate of drug-likeness (QED) is 0.728. The van der Waals surface area contributed by atoms with Crippen LogP contribution < -0.4 is 5.32 Å². The van der Waals surface area contributed by atoms with Gasteiger partial charge < -0.3 is 5.32 Å². The second-order valence-electron chi connectivity index (χ2n) is 3.57. The van der Waals surface area contributed by atoms with E-state index in [1.165, 1.54) is 11.3 Å². The third kappa shape index (κ3) is 5.01. The van der Waals surface area contributed by atoms with E-state index in [4.69, 9.17) is 0 Å². The van der Waals surface area contributed by atoms with E-state index in [2.05, 4.69) is 41.6 Å². The lowest BCUT2D eigenvalue weighted by molar-refractivity contribution is 0.519. The topological polar surface area (TPSA) is 12.0 Å². The molecule has 82 valence electrons. The normalized spacial score (nSPS) is 11.9. The fourth-order valence-electron chi connectivity index (χ4n) is 1.46. The first-order valence-corrected chi connectivity index (χ1v) is 6.40. The van der Waals surface area contributed by atoms with Crippen LogP contribution in [-0.4, -0.2) is 12.6 Å². The van der Waals surface area contributed by atoms with Gasteiger partial charge in [-0.1, -0.05) is 13.0 Å². The highest BCUT2D eigenvalue weighted by atomic mass is 32.1. The Labute approximate surface area is 96.9 Å². The molecule has 1 unspecified atom stereocenters. The van der Waals surface area contributed by atoms with Gasteiger partial charge in [-0.2, -0.15) is 0 Å². The van der Waals surface area contributed by atoms with E-state index in [-0.39, 0.29) is 0 Å². The Morgan fingerprint density at radius 3 is 3.00 bits per heavy atom. The van der Waals surface area contributed by atoms with E-state index in [9.17, 15) is 0 Å². The van der Waals surface area contributed by atoms with E-state index in [1.54, 1.807) is 0 Å². The second-order valence-corrected chi connectivity index (χ2v) is 4.60. The molecular formula is C13H19NS. The predicted molar refractivity (Wildman–Crippen MR) is 68.2 cm³/mol. The first-order valence-electron chi connectivity index (χ1n) is 5.52. The van der Waals surface area contributed by atoms with Gasteiger partial charge in [0.2, 0.25) is 0 Å². The molecule has 0 bridgehead atoms. The highest BCUT2D eigenvalue weighted by Crippen LogP contribution is 2.12. The summed E-state index contributed by atoms with van der Waals surface area (Å²) in [5.74, 6) is 6.13. The van der Waals surface area contributed by atoms with Gasteiger partial charge >= 0.3 is 0 Å². The van der Waals surface area contributed by atoms with Crippen LogP contribution in [0.25, 0.3) is 0 Å². The lowest BCUT2D eigenvalue weighted by Crippen LogP contribution is -2.31. The molecule has 1 atom stereocenters. The van der Waals surface area contributed by atoms with Crippen molar-refractivity contribution in [2.24, 2.45) is 0 Å². The average Bonchev–Trinajstić information content (AvgIpc) is 2.74. The molecule has 1 N–H and O–H groups in total. The fraction of sp³-hybridized carbons (Fsp3) is 0.538. The van der Waals surface area contributed by atoms with E-state index >= 15 is 0 Å². The summed E-state index contributed by atoms with van der Waals surface area (Å²) in [4.78, 5) is 1.45. The minimum absolute atomic E-state index is 0.510. The molecule has 1 nitrogen and oxygen atoms in total. The molecule has 0 aromatic carbocycles. The molecular weight excluding hydrogens is 202 g/mol. The summed E-state index contributed by atoms with van der Waals surface area (Å²) in [6.07, 6.45) is 3.24. The number of hydrogen-bond donors (Lipinski definition) is 1. The Hall–Kier alpha value is -0.780. The van der Waals surface area contributed by atoms with Gasteiger partial charge in [0.25, 0.3) is 0 Å². The lowest BCUT2D eigenvalue weighted by Gasteiger charge is -2.14. The van der Waals surface area contributed by atoms with Crippen LogP contribution in [0.15, 0.2) is 17.5 Å². The Balaban J connectivity index is 2.43. The van der Waals surface area contributed by atoms with E-state index < -0.39 is 0 Å². The molecule has 0 fully saturated rings. The van der Waals surface area contributed by atoms with Crippen LogP contribution in [0.1, 0.15) is 31.6 Å². The van der Waals surface area contributed by atoms with Crippen LogP contribution in [0.3, 0.4) is 0 Å². The number of rotatable bonds is 6. The van der Waals surface area contributed by atoms with Crippen molar-refractivity contribution >= 4 is 11.3 Å². The minimum atomic E-state index is 0.510. The summed E-state index contributed by atoms with van der Waals surface area (Å²) in [5, 5.41) is 5.68. The third-order valence-corrected chi connectivity index (χ3v) is 3.13. The summed E-state index contributed by atoms with van der Waals surface area (Å²) >= 11 is 1.83. The lowest BCUT2D eigenvalue weighted by atomic mass is 10.1. The van der Waals surface area contributed by atoms with Crippen molar-refractivity contribution in [1.82, 2.24) is 5.32 Å². The highest BCUT2D eigenvalue weighted by Gasteiger charge is 2.07. The van der Waals surface area contributed by atoms with Crippen LogP contribution in [-0.2, 0) is 6.42 Å². The standard InChI is InChI=1S/C13H19NS/c1-3-5-7-12(14-9-4-2)11-13-8-6-10-15-13/h6,8,10,12,14H,4,7,9,11H2,1-2H3. The molecule has 0 aliphatic carbocycles. The maximum atomic E-state index is 3.55. The zero-order valence-electron chi connectivity index (χ0n) is 9.55. The van der Waals surface area contributed by atoms with Crippen molar-refractivity contribution in [1.29, 1.82) is 0 Å². The molecule has 0 saturated heterocycles. The summed E-state index contributed by atoms with van der Waals surface area (Å²) in [7, 11) is 0. The molecule has 2 heteroatoms. The Morgan fingerprint density at radius 1 is 1.53 bits per heavy atom. The van der Waals surface area contributed by atoms with Crippen LogP contribution >= 0.6 is 11.3 Å². The van der Waals surface area contributed by atoms with Gasteiger partial charge in [0.1, 0.15) is 0 Å². The van der Waals surface area contributed by atoms with Crippen molar-refractivity contribution in [3.05, 3.63) is 22.4 Å². The highest BCUT2D eigenvalue weighted by molar-refractivity contribution is 7.09. The summed E-state index contributed by atoms with van der Waals surface area (Å²) in [6.45, 7) is 5.18. The summed E-state index contributed by atoms with van der Waals surface area (Å²) in [5.41, 5.74) is 0. The summed E-state index contributed by atoms with van der Waals surface area (Å²) in [6, 6.07) is 4.82. The fourth-order valence-corrected chi connectivity index (χ4v) is 2.25. The van der Waals surface area contributed by atoms with Crippen molar-refractivity contribution in [3.63, 3.8) is 0 Å². The van der Waals surface area contributed by atoms with Gasteiger partial charge in [-0.15, -0.1) is 23.2 Å². The van der Waals surface area contributed by atoms with Crippen LogP contribution in [0.2, 0.25) is 0 Å². The number of thiophene rings is 1. The molecule has 0 aliphatic rings. The van der Waals surface area contributed by atoms with Gasteiger partial charge in [-0.3, -0.25) is 0 Å². The first kappa shape index (κ1) is 12.3. The second kappa shape index (κ2) is 7.50. The Kier molecular flexibility index (Phi) is 6.15. The largest absolute Gasteiger partial charge is 0.313 e. The number of nitrogens with one attached hydrogen (secondary N) is 1. The zero-order valence-corrected chi connectivity index (χ0v) is 10.4. The first-order chi connectivity index (χ1) is 7.36. The van der Waals surface area contributed by atoms with Crippen LogP contribution in [0, 0.1) is 11.8 Å². The van der Waals surface area contributed by atoms with E-state index in [0.717, 1.165) is 19.4 Å². The molecule has 0 aliphatic heterocycles. The van der Waals surface area contributed by atoms with Crippen LogP contribution in [0.5, 0.6) is 0 Å². The monoisotopic (exact) mass is 221 g/mol. The van der Waals surface area contributed by atoms with E-state index in [0.29, 0.717) is 6.04 Å². The van der Waals surface area contributed by atoms with Crippen LogP contribution in [0.4, 0.5) is 0 Å². The average molecular weight is 221 g/mol. The smallest absolute Gasteiger partial charge is 0.0246 e. The molecule has 0 saturated carbocycles. The SMILES string of the molecule is CC#CCC(Cc1cccs1)NCCC. The molecule has 1 aromatic rings. The number of hydrogen-bond acceptors (Lipinski definition) is 2. The minimum Gasteiger partial charge on any atom is -0.313 e. The van der Waals surface area contributed by atoms with Gasteiger partial charge in [-0.05, 0) is 37.8 Å². The maximum absolute atomic E-state index is 3.55. The van der Waals surface area contributed by atoms with Gasteiger partial charge in [0, 0.05) is 17.3 Å². The molecule has 0 spiro atoms. The predicted octanol–water partition coefficient (Wildman–Crippen LogP) is 3.07. The molecule has 1 rings (SSSR count). The third-order valence-electron chi connectivity index (χ3n) is 2.24. The molecule has 1 aromatic heterocycles. The molecule has 15 heavy (non-hydrogen) atoms.